The lowest BCUT2D eigenvalue weighted by Gasteiger charge is -2.16. The van der Waals surface area contributed by atoms with Gasteiger partial charge in [-0.25, -0.2) is 4.39 Å². The van der Waals surface area contributed by atoms with Gasteiger partial charge in [0.2, 0.25) is 0 Å². The van der Waals surface area contributed by atoms with Crippen molar-refractivity contribution in [1.82, 2.24) is 4.98 Å². The Morgan fingerprint density at radius 1 is 1.20 bits per heavy atom. The first kappa shape index (κ1) is 15.8. The van der Waals surface area contributed by atoms with Crippen molar-refractivity contribution in [2.45, 2.75) is 32.6 Å². The third-order valence-corrected chi connectivity index (χ3v) is 4.78. The predicted molar refractivity (Wildman–Crippen MR) is 102 cm³/mol. The average Bonchev–Trinajstić information content (AvgIpc) is 3.02. The predicted octanol–water partition coefficient (Wildman–Crippen LogP) is 5.81. The van der Waals surface area contributed by atoms with E-state index in [1.54, 1.807) is 0 Å². The molecule has 3 aromatic rings. The van der Waals surface area contributed by atoms with Gasteiger partial charge in [-0.2, -0.15) is 0 Å². The van der Waals surface area contributed by atoms with Crippen LogP contribution in [-0.2, 0) is 6.42 Å². The molecule has 0 spiro atoms. The van der Waals surface area contributed by atoms with E-state index in [2.05, 4.69) is 23.2 Å². The fourth-order valence-electron chi connectivity index (χ4n) is 3.42. The van der Waals surface area contributed by atoms with Crippen LogP contribution in [0.5, 0.6) is 0 Å². The van der Waals surface area contributed by atoms with Crippen LogP contribution < -0.4 is 0 Å². The fraction of sp³-hybridized carbons (Fsp3) is 0.238. The van der Waals surface area contributed by atoms with Gasteiger partial charge < -0.3 is 10.4 Å². The van der Waals surface area contributed by atoms with E-state index in [1.165, 1.54) is 23.4 Å². The quantitative estimate of drug-likeness (QED) is 0.566. The van der Waals surface area contributed by atoms with Crippen LogP contribution in [0.4, 0.5) is 10.1 Å². The molecule has 1 aromatic heterocycles. The van der Waals surface area contributed by atoms with Crippen LogP contribution in [0.2, 0.25) is 0 Å². The molecule has 0 amide bonds. The maximum absolute atomic E-state index is 13.4. The number of benzene rings is 2. The van der Waals surface area contributed by atoms with Crippen LogP contribution in [0.3, 0.4) is 0 Å². The maximum atomic E-state index is 13.4. The van der Waals surface area contributed by atoms with E-state index in [4.69, 9.17) is 10.4 Å². The molecule has 4 heteroatoms. The van der Waals surface area contributed by atoms with Gasteiger partial charge in [0.05, 0.1) is 5.69 Å². The molecule has 3 nitrogen and oxygen atoms in total. The topological polar surface area (TPSA) is 52.0 Å². The lowest BCUT2D eigenvalue weighted by molar-refractivity contribution is 0.629. The first-order chi connectivity index (χ1) is 12.1. The van der Waals surface area contributed by atoms with E-state index in [0.29, 0.717) is 5.71 Å². The largest absolute Gasteiger partial charge is 0.360 e. The van der Waals surface area contributed by atoms with Crippen molar-refractivity contribution >= 4 is 28.0 Å². The molecule has 2 aromatic carbocycles. The zero-order valence-electron chi connectivity index (χ0n) is 14.2. The smallest absolute Gasteiger partial charge is 0.125 e. The first-order valence-electron chi connectivity index (χ1n) is 8.60. The summed E-state index contributed by atoms with van der Waals surface area (Å²) < 4.78 is 13.4. The number of nitrogens with zero attached hydrogens (tertiary/aromatic N) is 1. The summed E-state index contributed by atoms with van der Waals surface area (Å²) in [7, 11) is 0. The van der Waals surface area contributed by atoms with Crippen LogP contribution in [0.25, 0.3) is 22.0 Å². The van der Waals surface area contributed by atoms with Crippen LogP contribution in [-0.4, -0.2) is 16.4 Å². The van der Waals surface area contributed by atoms with Crippen molar-refractivity contribution in [3.05, 3.63) is 54.0 Å². The minimum atomic E-state index is -0.228. The Labute approximate surface area is 146 Å². The second-order valence-electron chi connectivity index (χ2n) is 6.69. The molecule has 2 heterocycles. The van der Waals surface area contributed by atoms with Gasteiger partial charge in [-0.1, -0.05) is 6.07 Å². The third kappa shape index (κ3) is 3.12. The highest BCUT2D eigenvalue weighted by atomic mass is 19.1. The summed E-state index contributed by atoms with van der Waals surface area (Å²) in [4.78, 5) is 7.93. The van der Waals surface area contributed by atoms with E-state index in [9.17, 15) is 4.39 Å². The van der Waals surface area contributed by atoms with Crippen molar-refractivity contribution < 1.29 is 4.39 Å². The summed E-state index contributed by atoms with van der Waals surface area (Å²) in [5, 5.41) is 8.59. The van der Waals surface area contributed by atoms with Gasteiger partial charge in [0, 0.05) is 34.1 Å². The van der Waals surface area contributed by atoms with Gasteiger partial charge in [-0.05, 0) is 74.1 Å². The zero-order valence-corrected chi connectivity index (χ0v) is 14.2. The highest BCUT2D eigenvalue weighted by Gasteiger charge is 2.14. The Hall–Kier alpha value is -2.75. The van der Waals surface area contributed by atoms with E-state index < -0.39 is 0 Å². The van der Waals surface area contributed by atoms with E-state index in [0.717, 1.165) is 53.4 Å². The number of H-pyrrole nitrogens is 1. The number of hydrogen-bond acceptors (Lipinski definition) is 2. The molecule has 126 valence electrons. The highest BCUT2D eigenvalue weighted by Crippen LogP contribution is 2.34. The normalized spacial score (nSPS) is 13.6. The van der Waals surface area contributed by atoms with Crippen molar-refractivity contribution in [3.63, 3.8) is 0 Å². The first-order valence-corrected chi connectivity index (χ1v) is 8.60. The van der Waals surface area contributed by atoms with Gasteiger partial charge in [0.15, 0.2) is 0 Å². The number of rotatable bonds is 4. The molecule has 1 aliphatic rings. The van der Waals surface area contributed by atoms with Crippen molar-refractivity contribution in [3.8, 4) is 11.1 Å². The number of aliphatic imine (C=N–C) groups is 1. The molecule has 0 saturated carbocycles. The minimum absolute atomic E-state index is 0.228. The standard InChI is InChI=1S/C21H20FN3/c1-13(23)2-6-17-7-3-15-10-14(4-9-20(15)25-17)19-12-24-21-11-16(22)5-8-18(19)21/h4-5,8-12,23-24H,2-3,6-7H2,1H3. The van der Waals surface area contributed by atoms with E-state index in [-0.39, 0.29) is 5.82 Å². The second kappa shape index (κ2) is 6.28. The highest BCUT2D eigenvalue weighted by molar-refractivity contribution is 5.97. The monoisotopic (exact) mass is 333 g/mol. The van der Waals surface area contributed by atoms with Crippen LogP contribution >= 0.6 is 0 Å². The molecule has 25 heavy (non-hydrogen) atoms. The van der Waals surface area contributed by atoms with Crippen molar-refractivity contribution in [1.29, 1.82) is 5.41 Å². The molecule has 1 aliphatic heterocycles. The van der Waals surface area contributed by atoms with Gasteiger partial charge in [-0.3, -0.25) is 4.99 Å². The zero-order chi connectivity index (χ0) is 17.4. The molecule has 0 fully saturated rings. The number of aromatic amines is 1. The number of halogens is 1. The molecule has 0 saturated heterocycles. The van der Waals surface area contributed by atoms with E-state index in [1.807, 2.05) is 19.2 Å². The minimum Gasteiger partial charge on any atom is -0.360 e. The lowest BCUT2D eigenvalue weighted by atomic mass is 9.95. The fourth-order valence-corrected chi connectivity index (χ4v) is 3.42. The van der Waals surface area contributed by atoms with Crippen molar-refractivity contribution in [2.75, 3.05) is 0 Å². The van der Waals surface area contributed by atoms with Gasteiger partial charge in [-0.15, -0.1) is 0 Å². The Morgan fingerprint density at radius 2 is 2.08 bits per heavy atom. The van der Waals surface area contributed by atoms with Gasteiger partial charge in [0.25, 0.3) is 0 Å². The van der Waals surface area contributed by atoms with Crippen LogP contribution in [0.1, 0.15) is 31.7 Å². The summed E-state index contributed by atoms with van der Waals surface area (Å²) in [5.41, 5.74) is 7.23. The number of hydrogen-bond donors (Lipinski definition) is 2. The molecule has 4 rings (SSSR count). The summed E-state index contributed by atoms with van der Waals surface area (Å²) in [6.07, 6.45) is 5.55. The third-order valence-electron chi connectivity index (χ3n) is 4.78. The molecule has 0 atom stereocenters. The number of aromatic nitrogens is 1. The van der Waals surface area contributed by atoms with Crippen LogP contribution in [0, 0.1) is 11.2 Å². The Morgan fingerprint density at radius 3 is 2.92 bits per heavy atom. The molecule has 0 aliphatic carbocycles. The van der Waals surface area contributed by atoms with Gasteiger partial charge in [0.1, 0.15) is 5.82 Å². The molecular weight excluding hydrogens is 313 g/mol. The summed E-state index contributed by atoms with van der Waals surface area (Å²) >= 11 is 0. The Kier molecular flexibility index (Phi) is 3.96. The molecule has 0 radical (unpaired) electrons. The van der Waals surface area contributed by atoms with Crippen molar-refractivity contribution in [2.24, 2.45) is 4.99 Å². The summed E-state index contributed by atoms with van der Waals surface area (Å²) in [5.74, 6) is -0.228. The SMILES string of the molecule is CC(=N)CCC1=Nc2ccc(-c3c[nH]c4cc(F)ccc34)cc2CC1. The molecule has 2 N–H and O–H groups in total. The lowest BCUT2D eigenvalue weighted by Crippen LogP contribution is -2.07. The average molecular weight is 333 g/mol. The Balaban J connectivity index is 1.67. The summed E-state index contributed by atoms with van der Waals surface area (Å²) in [6.45, 7) is 1.84. The number of fused-ring (bicyclic) bond motifs is 2. The van der Waals surface area contributed by atoms with Crippen LogP contribution in [0.15, 0.2) is 47.6 Å². The van der Waals surface area contributed by atoms with Gasteiger partial charge >= 0.3 is 0 Å². The molecule has 0 bridgehead atoms. The summed E-state index contributed by atoms with van der Waals surface area (Å²) in [6, 6.07) is 11.2. The Bertz CT molecular complexity index is 998. The number of nitrogens with one attached hydrogen (secondary N) is 2. The number of aryl methyl sites for hydroxylation is 1. The maximum Gasteiger partial charge on any atom is 0.125 e. The van der Waals surface area contributed by atoms with E-state index >= 15 is 0 Å². The molecular formula is C21H20FN3. The second-order valence-corrected chi connectivity index (χ2v) is 6.69. The molecule has 0 unspecified atom stereocenters.